The number of halogens is 3. The van der Waals surface area contributed by atoms with E-state index in [2.05, 4.69) is 23.7 Å². The second-order valence-electron chi connectivity index (χ2n) is 6.07. The number of carbonyl (C=O) groups is 1. The van der Waals surface area contributed by atoms with E-state index in [9.17, 15) is 9.18 Å². The van der Waals surface area contributed by atoms with E-state index in [1.54, 1.807) is 23.1 Å². The van der Waals surface area contributed by atoms with Crippen LogP contribution < -0.4 is 4.90 Å². The topological polar surface area (TPSA) is 36.4 Å². The molecule has 0 atom stereocenters. The van der Waals surface area contributed by atoms with Crippen molar-refractivity contribution in [2.24, 2.45) is 0 Å². The summed E-state index contributed by atoms with van der Waals surface area (Å²) in [6, 6.07) is 11.5. The van der Waals surface area contributed by atoms with E-state index in [4.69, 9.17) is 11.6 Å². The lowest BCUT2D eigenvalue weighted by Gasteiger charge is -2.24. The first-order valence-corrected chi connectivity index (χ1v) is 10.1. The van der Waals surface area contributed by atoms with Crippen molar-refractivity contribution in [1.29, 1.82) is 0 Å². The molecule has 0 N–H and O–H groups in total. The molecule has 1 aromatic heterocycles. The molecule has 0 aliphatic heterocycles. The molecule has 3 aromatic rings. The Hall–Kier alpha value is -1.73. The summed E-state index contributed by atoms with van der Waals surface area (Å²) in [6.45, 7) is 7.03. The van der Waals surface area contributed by atoms with Gasteiger partial charge in [0.15, 0.2) is 5.13 Å². The van der Waals surface area contributed by atoms with Crippen LogP contribution in [0.3, 0.4) is 0 Å². The second-order valence-corrected chi connectivity index (χ2v) is 7.52. The van der Waals surface area contributed by atoms with Crippen LogP contribution in [-0.4, -0.2) is 42.0 Å². The Balaban J connectivity index is 0.00000280. The number of fused-ring (bicyclic) bond motifs is 1. The van der Waals surface area contributed by atoms with E-state index in [-0.39, 0.29) is 23.9 Å². The zero-order chi connectivity index (χ0) is 19.4. The summed E-state index contributed by atoms with van der Waals surface area (Å²) in [5.74, 6) is -0.912. The number of benzene rings is 2. The van der Waals surface area contributed by atoms with Crippen molar-refractivity contribution < 1.29 is 9.18 Å². The third-order valence-corrected chi connectivity index (χ3v) is 5.73. The van der Waals surface area contributed by atoms with Gasteiger partial charge in [-0.05, 0) is 43.4 Å². The number of nitrogens with zero attached hydrogens (tertiary/aromatic N) is 3. The lowest BCUT2D eigenvalue weighted by Crippen LogP contribution is -2.39. The molecule has 28 heavy (non-hydrogen) atoms. The van der Waals surface area contributed by atoms with Gasteiger partial charge in [-0.25, -0.2) is 9.37 Å². The maximum atomic E-state index is 14.2. The van der Waals surface area contributed by atoms with Crippen LogP contribution >= 0.6 is 35.3 Å². The lowest BCUT2D eigenvalue weighted by molar-refractivity contribution is 0.0980. The van der Waals surface area contributed by atoms with Crippen LogP contribution in [0, 0.1) is 5.82 Å². The number of aromatic nitrogens is 1. The molecule has 1 heterocycles. The quantitative estimate of drug-likeness (QED) is 0.485. The van der Waals surface area contributed by atoms with Crippen LogP contribution in [0.15, 0.2) is 42.5 Å². The van der Waals surface area contributed by atoms with Crippen LogP contribution in [0.4, 0.5) is 9.52 Å². The number of thiazole rings is 1. The average Bonchev–Trinajstić information content (AvgIpc) is 3.08. The first-order chi connectivity index (χ1) is 13.0. The molecule has 0 radical (unpaired) electrons. The summed E-state index contributed by atoms with van der Waals surface area (Å²) >= 11 is 7.45. The van der Waals surface area contributed by atoms with E-state index in [0.717, 1.165) is 23.3 Å². The molecule has 150 valence electrons. The van der Waals surface area contributed by atoms with Crippen LogP contribution in [0.1, 0.15) is 24.2 Å². The maximum absolute atomic E-state index is 14.2. The van der Waals surface area contributed by atoms with Crippen molar-refractivity contribution in [2.75, 3.05) is 31.1 Å². The normalized spacial score (nSPS) is 10.9. The number of hydrogen-bond donors (Lipinski definition) is 0. The average molecular weight is 442 g/mol. The van der Waals surface area contributed by atoms with E-state index < -0.39 is 5.82 Å². The monoisotopic (exact) mass is 441 g/mol. The Morgan fingerprint density at radius 2 is 1.86 bits per heavy atom. The molecule has 0 aliphatic rings. The standard InChI is InChI=1S/C20H21ClFN3OS.ClH/c1-3-24(4-2)11-12-25(19(26)15-7-5-6-8-16(15)22)20-23-17-10-9-14(21)13-18(17)27-20;/h5-10,13H,3-4,11-12H2,1-2H3;1H. The Morgan fingerprint density at radius 3 is 2.54 bits per heavy atom. The van der Waals surface area contributed by atoms with Crippen molar-refractivity contribution in [3.8, 4) is 0 Å². The van der Waals surface area contributed by atoms with Gasteiger partial charge in [0.05, 0.1) is 15.8 Å². The van der Waals surface area contributed by atoms with E-state index in [1.807, 2.05) is 12.1 Å². The van der Waals surface area contributed by atoms with Gasteiger partial charge < -0.3 is 4.90 Å². The van der Waals surface area contributed by atoms with E-state index in [0.29, 0.717) is 23.2 Å². The van der Waals surface area contributed by atoms with Gasteiger partial charge in [0.2, 0.25) is 0 Å². The molecule has 0 unspecified atom stereocenters. The SMILES string of the molecule is CCN(CC)CCN(C(=O)c1ccccc1F)c1nc2ccc(Cl)cc2s1.Cl. The number of carbonyl (C=O) groups excluding carboxylic acids is 1. The maximum Gasteiger partial charge on any atom is 0.263 e. The fourth-order valence-electron chi connectivity index (χ4n) is 2.85. The molecule has 3 rings (SSSR count). The van der Waals surface area contributed by atoms with Crippen LogP contribution in [0.2, 0.25) is 5.02 Å². The summed E-state index contributed by atoms with van der Waals surface area (Å²) in [6.07, 6.45) is 0. The van der Waals surface area contributed by atoms with Crippen molar-refractivity contribution in [1.82, 2.24) is 9.88 Å². The van der Waals surface area contributed by atoms with Gasteiger partial charge in [-0.2, -0.15) is 0 Å². The van der Waals surface area contributed by atoms with Crippen molar-refractivity contribution >= 4 is 56.6 Å². The Morgan fingerprint density at radius 1 is 1.14 bits per heavy atom. The fourth-order valence-corrected chi connectivity index (χ4v) is 4.11. The summed E-state index contributed by atoms with van der Waals surface area (Å²) < 4.78 is 15.1. The third-order valence-electron chi connectivity index (χ3n) is 4.45. The molecule has 8 heteroatoms. The largest absolute Gasteiger partial charge is 0.302 e. The molecule has 0 bridgehead atoms. The smallest absolute Gasteiger partial charge is 0.263 e. The molecule has 0 saturated heterocycles. The number of anilines is 1. The van der Waals surface area contributed by atoms with E-state index in [1.165, 1.54) is 23.5 Å². The highest BCUT2D eigenvalue weighted by atomic mass is 35.5. The zero-order valence-electron chi connectivity index (χ0n) is 15.7. The minimum Gasteiger partial charge on any atom is -0.302 e. The Bertz CT molecular complexity index is 946. The van der Waals surface area contributed by atoms with Gasteiger partial charge >= 0.3 is 0 Å². The predicted molar refractivity (Wildman–Crippen MR) is 118 cm³/mol. The zero-order valence-corrected chi connectivity index (χ0v) is 18.1. The summed E-state index contributed by atoms with van der Waals surface area (Å²) in [5.41, 5.74) is 0.822. The van der Waals surface area contributed by atoms with Gasteiger partial charge in [0.1, 0.15) is 5.82 Å². The van der Waals surface area contributed by atoms with Gasteiger partial charge in [0.25, 0.3) is 5.91 Å². The molecule has 0 spiro atoms. The molecule has 4 nitrogen and oxygen atoms in total. The molecule has 0 fully saturated rings. The molecule has 2 aromatic carbocycles. The Labute approximate surface area is 179 Å². The van der Waals surface area contributed by atoms with Crippen molar-refractivity contribution in [3.05, 3.63) is 58.9 Å². The van der Waals surface area contributed by atoms with Crippen LogP contribution in [-0.2, 0) is 0 Å². The summed E-state index contributed by atoms with van der Waals surface area (Å²) in [7, 11) is 0. The Kier molecular flexibility index (Phi) is 8.19. The number of rotatable bonds is 7. The number of likely N-dealkylation sites (N-methyl/N-ethyl adjacent to an activating group) is 1. The highest BCUT2D eigenvalue weighted by Crippen LogP contribution is 2.31. The van der Waals surface area contributed by atoms with Gasteiger partial charge in [0, 0.05) is 18.1 Å². The lowest BCUT2D eigenvalue weighted by atomic mass is 10.2. The first-order valence-electron chi connectivity index (χ1n) is 8.88. The third kappa shape index (κ3) is 5.00. The predicted octanol–water partition coefficient (Wildman–Crippen LogP) is 5.50. The van der Waals surface area contributed by atoms with Gasteiger partial charge in [-0.1, -0.05) is 48.9 Å². The minimum atomic E-state index is -0.528. The van der Waals surface area contributed by atoms with Crippen LogP contribution in [0.25, 0.3) is 10.2 Å². The molecule has 1 amide bonds. The summed E-state index contributed by atoms with van der Waals surface area (Å²) in [5, 5.41) is 1.17. The molecular formula is C20H22Cl2FN3OS. The second kappa shape index (κ2) is 10.2. The van der Waals surface area contributed by atoms with Gasteiger partial charge in [-0.15, -0.1) is 12.4 Å². The van der Waals surface area contributed by atoms with Crippen molar-refractivity contribution in [3.63, 3.8) is 0 Å². The minimum absolute atomic E-state index is 0. The number of hydrogen-bond acceptors (Lipinski definition) is 4. The van der Waals surface area contributed by atoms with Crippen LogP contribution in [0.5, 0.6) is 0 Å². The highest BCUT2D eigenvalue weighted by Gasteiger charge is 2.24. The van der Waals surface area contributed by atoms with E-state index >= 15 is 0 Å². The number of amides is 1. The van der Waals surface area contributed by atoms with Gasteiger partial charge in [-0.3, -0.25) is 9.69 Å². The highest BCUT2D eigenvalue weighted by molar-refractivity contribution is 7.22. The fraction of sp³-hybridized carbons (Fsp3) is 0.300. The van der Waals surface area contributed by atoms with Crippen molar-refractivity contribution in [2.45, 2.75) is 13.8 Å². The summed E-state index contributed by atoms with van der Waals surface area (Å²) in [4.78, 5) is 21.5. The first kappa shape index (κ1) is 22.6. The molecule has 0 aliphatic carbocycles. The molecular weight excluding hydrogens is 420 g/mol. The molecule has 0 saturated carbocycles.